The molecule has 0 saturated heterocycles. The van der Waals surface area contributed by atoms with E-state index < -0.39 is 5.97 Å². The highest BCUT2D eigenvalue weighted by Gasteiger charge is 2.18. The molecule has 0 aliphatic rings. The summed E-state index contributed by atoms with van der Waals surface area (Å²) in [5, 5.41) is 18.5. The molecule has 0 saturated carbocycles. The topological polar surface area (TPSA) is 76.0 Å². The molecule has 0 unspecified atom stereocenters. The van der Waals surface area contributed by atoms with Crippen LogP contribution in [0.2, 0.25) is 0 Å². The van der Waals surface area contributed by atoms with Gasteiger partial charge in [0.25, 0.3) is 0 Å². The fourth-order valence-electron chi connectivity index (χ4n) is 1.49. The van der Waals surface area contributed by atoms with E-state index in [0.717, 1.165) is 0 Å². The van der Waals surface area contributed by atoms with Gasteiger partial charge in [0.15, 0.2) is 11.5 Å². The van der Waals surface area contributed by atoms with Gasteiger partial charge < -0.3 is 19.7 Å². The van der Waals surface area contributed by atoms with E-state index in [4.69, 9.17) is 14.6 Å². The lowest BCUT2D eigenvalue weighted by atomic mass is 10.1. The van der Waals surface area contributed by atoms with Crippen LogP contribution in [0.5, 0.6) is 17.2 Å². The number of carboxylic acid groups (broad SMARTS) is 1. The molecule has 0 radical (unpaired) electrons. The molecule has 0 heterocycles. The molecule has 0 aliphatic heterocycles. The van der Waals surface area contributed by atoms with Crippen molar-refractivity contribution >= 4 is 21.9 Å². The largest absolute Gasteiger partial charge is 0.506 e. The number of methoxy groups -OCH3 is 2. The molecule has 0 fully saturated rings. The first-order chi connectivity index (χ1) is 8.01. The molecule has 0 atom stereocenters. The minimum Gasteiger partial charge on any atom is -0.506 e. The fourth-order valence-corrected chi connectivity index (χ4v) is 1.94. The maximum atomic E-state index is 10.6. The maximum absolute atomic E-state index is 10.6. The summed E-state index contributed by atoms with van der Waals surface area (Å²) in [6.07, 6.45) is 0.0731. The molecule has 5 nitrogen and oxygen atoms in total. The average molecular weight is 305 g/mol. The summed E-state index contributed by atoms with van der Waals surface area (Å²) in [4.78, 5) is 10.6. The smallest absolute Gasteiger partial charge is 0.303 e. The van der Waals surface area contributed by atoms with E-state index in [0.29, 0.717) is 21.5 Å². The third-order valence-electron chi connectivity index (χ3n) is 2.28. The molecule has 0 aliphatic carbocycles. The number of benzene rings is 1. The zero-order valence-electron chi connectivity index (χ0n) is 9.49. The number of phenols is 1. The Labute approximate surface area is 107 Å². The standard InChI is InChI=1S/C11H13BrO5/c1-16-8-5-7(12)10(15)6(11(8)17-2)3-4-9(13)14/h5,15H,3-4H2,1-2H3,(H,13,14). The van der Waals surface area contributed by atoms with Crippen LogP contribution in [0.4, 0.5) is 0 Å². The van der Waals surface area contributed by atoms with Crippen molar-refractivity contribution in [3.63, 3.8) is 0 Å². The number of ether oxygens (including phenoxy) is 2. The third kappa shape index (κ3) is 3.03. The monoisotopic (exact) mass is 304 g/mol. The lowest BCUT2D eigenvalue weighted by Crippen LogP contribution is -2.02. The van der Waals surface area contributed by atoms with E-state index in [9.17, 15) is 9.90 Å². The summed E-state index contributed by atoms with van der Waals surface area (Å²) >= 11 is 3.18. The lowest BCUT2D eigenvalue weighted by Gasteiger charge is -2.15. The van der Waals surface area contributed by atoms with Crippen molar-refractivity contribution < 1.29 is 24.5 Å². The predicted molar refractivity (Wildman–Crippen MR) is 64.9 cm³/mol. The predicted octanol–water partition coefficient (Wildman–Crippen LogP) is 2.19. The normalized spacial score (nSPS) is 10.1. The summed E-state index contributed by atoms with van der Waals surface area (Å²) in [6.45, 7) is 0. The van der Waals surface area contributed by atoms with Gasteiger partial charge >= 0.3 is 5.97 Å². The van der Waals surface area contributed by atoms with Gasteiger partial charge in [0.05, 0.1) is 18.7 Å². The van der Waals surface area contributed by atoms with E-state index in [1.54, 1.807) is 6.07 Å². The van der Waals surface area contributed by atoms with Crippen molar-refractivity contribution in [1.82, 2.24) is 0 Å². The molecule has 0 bridgehead atoms. The van der Waals surface area contributed by atoms with Gasteiger partial charge in [0.1, 0.15) is 5.75 Å². The van der Waals surface area contributed by atoms with E-state index in [1.807, 2.05) is 0 Å². The number of rotatable bonds is 5. The Hall–Kier alpha value is -1.43. The van der Waals surface area contributed by atoms with Gasteiger partial charge in [-0.3, -0.25) is 4.79 Å². The molecule has 2 N–H and O–H groups in total. The molecular weight excluding hydrogens is 292 g/mol. The fraction of sp³-hybridized carbons (Fsp3) is 0.364. The van der Waals surface area contributed by atoms with Crippen molar-refractivity contribution in [2.24, 2.45) is 0 Å². The summed E-state index contributed by atoms with van der Waals surface area (Å²) < 4.78 is 10.7. The first-order valence-corrected chi connectivity index (χ1v) is 5.64. The quantitative estimate of drug-likeness (QED) is 0.872. The van der Waals surface area contributed by atoms with Crippen LogP contribution in [0.1, 0.15) is 12.0 Å². The van der Waals surface area contributed by atoms with Crippen LogP contribution < -0.4 is 9.47 Å². The zero-order valence-corrected chi connectivity index (χ0v) is 11.1. The second kappa shape index (κ2) is 5.77. The van der Waals surface area contributed by atoms with Crippen molar-refractivity contribution in [1.29, 1.82) is 0 Å². The van der Waals surface area contributed by atoms with Crippen LogP contribution >= 0.6 is 15.9 Å². The Bertz CT molecular complexity index is 430. The molecular formula is C11H13BrO5. The molecule has 0 aromatic heterocycles. The van der Waals surface area contributed by atoms with Crippen molar-refractivity contribution in [2.75, 3.05) is 14.2 Å². The molecule has 0 spiro atoms. The lowest BCUT2D eigenvalue weighted by molar-refractivity contribution is -0.136. The first kappa shape index (κ1) is 13.6. The Morgan fingerprint density at radius 1 is 1.41 bits per heavy atom. The number of phenolic OH excluding ortho intramolecular Hbond substituents is 1. The summed E-state index contributed by atoms with van der Waals surface area (Å²) in [7, 11) is 2.91. The number of carboxylic acids is 1. The van der Waals surface area contributed by atoms with Gasteiger partial charge in [-0.1, -0.05) is 0 Å². The Kier molecular flexibility index (Phi) is 4.62. The van der Waals surface area contributed by atoms with E-state index >= 15 is 0 Å². The van der Waals surface area contributed by atoms with Crippen LogP contribution in [0.15, 0.2) is 10.5 Å². The average Bonchev–Trinajstić information content (AvgIpc) is 2.29. The highest BCUT2D eigenvalue weighted by Crippen LogP contribution is 2.42. The summed E-state index contributed by atoms with van der Waals surface area (Å²) in [6, 6.07) is 1.57. The number of aromatic hydroxyl groups is 1. The SMILES string of the molecule is COc1cc(Br)c(O)c(CCC(=O)O)c1OC. The Morgan fingerprint density at radius 2 is 2.06 bits per heavy atom. The van der Waals surface area contributed by atoms with Gasteiger partial charge in [-0.15, -0.1) is 0 Å². The van der Waals surface area contributed by atoms with Crippen LogP contribution in [-0.2, 0) is 11.2 Å². The van der Waals surface area contributed by atoms with Crippen LogP contribution in [-0.4, -0.2) is 30.4 Å². The summed E-state index contributed by atoms with van der Waals surface area (Å²) in [5.41, 5.74) is 0.418. The van der Waals surface area contributed by atoms with E-state index in [2.05, 4.69) is 15.9 Å². The van der Waals surface area contributed by atoms with Crippen molar-refractivity contribution in [3.05, 3.63) is 16.1 Å². The molecule has 1 aromatic carbocycles. The highest BCUT2D eigenvalue weighted by molar-refractivity contribution is 9.10. The molecule has 17 heavy (non-hydrogen) atoms. The molecule has 6 heteroatoms. The zero-order chi connectivity index (χ0) is 13.0. The van der Waals surface area contributed by atoms with Crippen LogP contribution in [0.3, 0.4) is 0 Å². The second-order valence-electron chi connectivity index (χ2n) is 3.31. The minimum absolute atomic E-state index is 0.0242. The second-order valence-corrected chi connectivity index (χ2v) is 4.17. The molecule has 1 aromatic rings. The van der Waals surface area contributed by atoms with Crippen molar-refractivity contribution in [3.8, 4) is 17.2 Å². The molecule has 1 rings (SSSR count). The molecule has 94 valence electrons. The van der Waals surface area contributed by atoms with Crippen molar-refractivity contribution in [2.45, 2.75) is 12.8 Å². The van der Waals surface area contributed by atoms with E-state index in [-0.39, 0.29) is 18.6 Å². The number of carbonyl (C=O) groups is 1. The van der Waals surface area contributed by atoms with Gasteiger partial charge in [-0.05, 0) is 22.4 Å². The van der Waals surface area contributed by atoms with E-state index in [1.165, 1.54) is 14.2 Å². The Balaban J connectivity index is 3.22. The van der Waals surface area contributed by atoms with Gasteiger partial charge in [0, 0.05) is 18.1 Å². The van der Waals surface area contributed by atoms with Crippen LogP contribution in [0, 0.1) is 0 Å². The number of halogens is 1. The van der Waals surface area contributed by atoms with Gasteiger partial charge in [0.2, 0.25) is 0 Å². The number of aliphatic carboxylic acids is 1. The third-order valence-corrected chi connectivity index (χ3v) is 2.89. The number of hydrogen-bond acceptors (Lipinski definition) is 4. The first-order valence-electron chi connectivity index (χ1n) is 4.85. The molecule has 0 amide bonds. The van der Waals surface area contributed by atoms with Gasteiger partial charge in [-0.25, -0.2) is 0 Å². The highest BCUT2D eigenvalue weighted by atomic mass is 79.9. The van der Waals surface area contributed by atoms with Gasteiger partial charge in [-0.2, -0.15) is 0 Å². The Morgan fingerprint density at radius 3 is 2.53 bits per heavy atom. The van der Waals surface area contributed by atoms with Crippen LogP contribution in [0.25, 0.3) is 0 Å². The maximum Gasteiger partial charge on any atom is 0.303 e. The summed E-state index contributed by atoms with van der Waals surface area (Å²) in [5.74, 6) is -0.165. The minimum atomic E-state index is -0.939. The number of hydrogen-bond donors (Lipinski definition) is 2.